The van der Waals surface area contributed by atoms with Gasteiger partial charge in [0, 0.05) is 25.1 Å². The zero-order valence-electron chi connectivity index (χ0n) is 13.0. The van der Waals surface area contributed by atoms with Gasteiger partial charge in [0.1, 0.15) is 5.01 Å². The summed E-state index contributed by atoms with van der Waals surface area (Å²) < 4.78 is 5.50. The summed E-state index contributed by atoms with van der Waals surface area (Å²) in [5.41, 5.74) is 1.11. The van der Waals surface area contributed by atoms with Crippen LogP contribution in [0.1, 0.15) is 35.3 Å². The Morgan fingerprint density at radius 1 is 1.30 bits per heavy atom. The minimum Gasteiger partial charge on any atom is -0.380 e. The van der Waals surface area contributed by atoms with Gasteiger partial charge in [0.25, 0.3) is 0 Å². The lowest BCUT2D eigenvalue weighted by Gasteiger charge is -2.11. The lowest BCUT2D eigenvalue weighted by Crippen LogP contribution is -2.38. The fraction of sp³-hybridized carbons (Fsp3) is 0.714. The molecule has 0 saturated heterocycles. The fourth-order valence-corrected chi connectivity index (χ4v) is 2.46. The van der Waals surface area contributed by atoms with Crippen molar-refractivity contribution < 1.29 is 4.74 Å². The summed E-state index contributed by atoms with van der Waals surface area (Å²) in [6, 6.07) is 0. The van der Waals surface area contributed by atoms with Gasteiger partial charge in [0.15, 0.2) is 5.96 Å². The highest BCUT2D eigenvalue weighted by Gasteiger charge is 2.04. The molecule has 1 rings (SSSR count). The normalized spacial score (nSPS) is 11.7. The summed E-state index contributed by atoms with van der Waals surface area (Å²) in [6.45, 7) is 9.30. The van der Waals surface area contributed by atoms with Gasteiger partial charge in [-0.2, -0.15) is 0 Å². The highest BCUT2D eigenvalue weighted by molar-refractivity contribution is 7.11. The van der Waals surface area contributed by atoms with Crippen LogP contribution in [0.15, 0.2) is 4.99 Å². The van der Waals surface area contributed by atoms with Crippen molar-refractivity contribution in [1.82, 2.24) is 15.6 Å². The van der Waals surface area contributed by atoms with Gasteiger partial charge in [-0.05, 0) is 20.3 Å². The Morgan fingerprint density at radius 3 is 2.70 bits per heavy atom. The maximum Gasteiger partial charge on any atom is 0.191 e. The summed E-state index contributed by atoms with van der Waals surface area (Å²) in [5, 5.41) is 7.57. The van der Waals surface area contributed by atoms with E-state index in [-0.39, 0.29) is 0 Å². The molecule has 2 N–H and O–H groups in total. The molecule has 0 aromatic carbocycles. The highest BCUT2D eigenvalue weighted by Crippen LogP contribution is 2.15. The zero-order valence-corrected chi connectivity index (χ0v) is 13.8. The van der Waals surface area contributed by atoms with Crippen LogP contribution >= 0.6 is 11.3 Å². The molecule has 0 aliphatic carbocycles. The van der Waals surface area contributed by atoms with E-state index in [1.807, 2.05) is 6.92 Å². The second kappa shape index (κ2) is 9.72. The van der Waals surface area contributed by atoms with Gasteiger partial charge in [-0.3, -0.25) is 4.99 Å². The van der Waals surface area contributed by atoms with Gasteiger partial charge in [-0.1, -0.05) is 13.3 Å². The fourth-order valence-electron chi connectivity index (χ4n) is 1.58. The van der Waals surface area contributed by atoms with Crippen LogP contribution in [0.2, 0.25) is 0 Å². The maximum atomic E-state index is 5.50. The Bertz CT molecular complexity index is 398. The van der Waals surface area contributed by atoms with Crippen molar-refractivity contribution in [2.75, 3.05) is 26.8 Å². The van der Waals surface area contributed by atoms with Crippen molar-refractivity contribution in [3.63, 3.8) is 0 Å². The van der Waals surface area contributed by atoms with E-state index in [2.05, 4.69) is 34.5 Å². The number of rotatable bonds is 8. The van der Waals surface area contributed by atoms with E-state index in [0.717, 1.165) is 36.2 Å². The molecular weight excluding hydrogens is 272 g/mol. The van der Waals surface area contributed by atoms with Crippen LogP contribution in [0, 0.1) is 13.8 Å². The monoisotopic (exact) mass is 298 g/mol. The number of nitrogens with one attached hydrogen (secondary N) is 2. The standard InChI is InChI=1S/C14H26N4OS/c1-5-6-8-19-9-7-16-14(15-4)17-10-13-18-11(2)12(3)20-13/h5-10H2,1-4H3,(H2,15,16,17). The molecular formula is C14H26N4OS. The lowest BCUT2D eigenvalue weighted by atomic mass is 10.4. The van der Waals surface area contributed by atoms with Gasteiger partial charge < -0.3 is 15.4 Å². The van der Waals surface area contributed by atoms with Gasteiger partial charge in [-0.15, -0.1) is 11.3 Å². The first kappa shape index (κ1) is 16.9. The molecule has 0 fully saturated rings. The number of nitrogens with zero attached hydrogens (tertiary/aromatic N) is 2. The quantitative estimate of drug-likeness (QED) is 0.439. The van der Waals surface area contributed by atoms with Gasteiger partial charge in [0.2, 0.25) is 0 Å². The van der Waals surface area contributed by atoms with Crippen LogP contribution in [0.3, 0.4) is 0 Å². The van der Waals surface area contributed by atoms with E-state index in [9.17, 15) is 0 Å². The molecule has 5 nitrogen and oxygen atoms in total. The minimum atomic E-state index is 0.704. The van der Waals surface area contributed by atoms with Crippen LogP contribution in [-0.2, 0) is 11.3 Å². The average molecular weight is 298 g/mol. The number of aryl methyl sites for hydroxylation is 2. The number of unbranched alkanes of at least 4 members (excludes halogenated alkanes) is 1. The Balaban J connectivity index is 2.20. The number of aromatic nitrogens is 1. The molecule has 1 heterocycles. The Kier molecular flexibility index (Phi) is 8.22. The van der Waals surface area contributed by atoms with E-state index in [1.54, 1.807) is 18.4 Å². The molecule has 114 valence electrons. The Hall–Kier alpha value is -1.14. The minimum absolute atomic E-state index is 0.704. The molecule has 0 spiro atoms. The van der Waals surface area contributed by atoms with Crippen LogP contribution in [-0.4, -0.2) is 37.7 Å². The highest BCUT2D eigenvalue weighted by atomic mass is 32.1. The number of aliphatic imine (C=N–C) groups is 1. The first-order valence-electron chi connectivity index (χ1n) is 7.12. The average Bonchev–Trinajstić information content (AvgIpc) is 2.76. The van der Waals surface area contributed by atoms with Crippen molar-refractivity contribution in [3.8, 4) is 0 Å². The number of guanidine groups is 1. The number of hydrogen-bond donors (Lipinski definition) is 2. The number of ether oxygens (including phenoxy) is 1. The van der Waals surface area contributed by atoms with Crippen LogP contribution in [0.4, 0.5) is 0 Å². The second-order valence-electron chi connectivity index (χ2n) is 4.57. The van der Waals surface area contributed by atoms with Crippen molar-refractivity contribution in [3.05, 3.63) is 15.6 Å². The van der Waals surface area contributed by atoms with E-state index < -0.39 is 0 Å². The van der Waals surface area contributed by atoms with Crippen molar-refractivity contribution in [2.45, 2.75) is 40.2 Å². The van der Waals surface area contributed by atoms with E-state index in [4.69, 9.17) is 4.74 Å². The molecule has 0 radical (unpaired) electrons. The second-order valence-corrected chi connectivity index (χ2v) is 5.86. The molecule has 1 aromatic heterocycles. The Morgan fingerprint density at radius 2 is 2.10 bits per heavy atom. The third kappa shape index (κ3) is 6.34. The molecule has 0 atom stereocenters. The first-order valence-corrected chi connectivity index (χ1v) is 7.94. The van der Waals surface area contributed by atoms with Crippen molar-refractivity contribution >= 4 is 17.3 Å². The third-order valence-corrected chi connectivity index (χ3v) is 3.96. The van der Waals surface area contributed by atoms with Crippen LogP contribution in [0.5, 0.6) is 0 Å². The van der Waals surface area contributed by atoms with Crippen LogP contribution in [0.25, 0.3) is 0 Å². The molecule has 1 aromatic rings. The predicted molar refractivity (Wildman–Crippen MR) is 85.5 cm³/mol. The molecule has 0 aliphatic heterocycles. The zero-order chi connectivity index (χ0) is 14.8. The molecule has 0 saturated carbocycles. The topological polar surface area (TPSA) is 58.5 Å². The van der Waals surface area contributed by atoms with E-state index in [0.29, 0.717) is 13.2 Å². The molecule has 0 bridgehead atoms. The summed E-state index contributed by atoms with van der Waals surface area (Å²) in [5.74, 6) is 0.787. The van der Waals surface area contributed by atoms with Gasteiger partial charge in [-0.25, -0.2) is 4.98 Å². The predicted octanol–water partition coefficient (Wildman–Crippen LogP) is 2.24. The van der Waals surface area contributed by atoms with Crippen molar-refractivity contribution in [1.29, 1.82) is 0 Å². The largest absolute Gasteiger partial charge is 0.380 e. The lowest BCUT2D eigenvalue weighted by molar-refractivity contribution is 0.136. The van der Waals surface area contributed by atoms with Crippen molar-refractivity contribution in [2.24, 2.45) is 4.99 Å². The number of thiazole rings is 1. The summed E-state index contributed by atoms with van der Waals surface area (Å²) in [7, 11) is 1.77. The third-order valence-electron chi connectivity index (χ3n) is 2.88. The summed E-state index contributed by atoms with van der Waals surface area (Å²) in [6.07, 6.45) is 2.29. The summed E-state index contributed by atoms with van der Waals surface area (Å²) >= 11 is 1.72. The van der Waals surface area contributed by atoms with E-state index >= 15 is 0 Å². The maximum absolute atomic E-state index is 5.50. The Labute approximate surface area is 125 Å². The van der Waals surface area contributed by atoms with Gasteiger partial charge >= 0.3 is 0 Å². The van der Waals surface area contributed by atoms with Crippen LogP contribution < -0.4 is 10.6 Å². The smallest absolute Gasteiger partial charge is 0.191 e. The summed E-state index contributed by atoms with van der Waals surface area (Å²) in [4.78, 5) is 9.95. The molecule has 0 aliphatic rings. The first-order chi connectivity index (χ1) is 9.67. The van der Waals surface area contributed by atoms with E-state index in [1.165, 1.54) is 11.3 Å². The molecule has 0 unspecified atom stereocenters. The van der Waals surface area contributed by atoms with Gasteiger partial charge in [0.05, 0.1) is 18.8 Å². The SMILES string of the molecule is CCCCOCCNC(=NC)NCc1nc(C)c(C)s1. The molecule has 6 heteroatoms. The molecule has 20 heavy (non-hydrogen) atoms. The molecule has 0 amide bonds. The number of hydrogen-bond acceptors (Lipinski definition) is 4.